The summed E-state index contributed by atoms with van der Waals surface area (Å²) in [6, 6.07) is 23.0. The zero-order chi connectivity index (χ0) is 26.5. The van der Waals surface area contributed by atoms with Crippen LogP contribution < -0.4 is 5.73 Å². The molecular weight excluding hydrogens is 506 g/mol. The summed E-state index contributed by atoms with van der Waals surface area (Å²) >= 11 is 0. The Bertz CT molecular complexity index is 1380. The van der Waals surface area contributed by atoms with Crippen LogP contribution in [-0.2, 0) is 17.8 Å². The lowest BCUT2D eigenvalue weighted by atomic mass is 9.90. The molecule has 1 saturated heterocycles. The number of carbonyl (C=O) groups excluding carboxylic acids is 1. The molecule has 7 heteroatoms. The van der Waals surface area contributed by atoms with Crippen molar-refractivity contribution in [3.8, 4) is 0 Å². The molecule has 0 radical (unpaired) electrons. The van der Waals surface area contributed by atoms with Gasteiger partial charge in [-0.2, -0.15) is 0 Å². The maximum atomic E-state index is 12.9. The molecule has 0 spiro atoms. The molecule has 6 nitrogen and oxygen atoms in total. The topological polar surface area (TPSA) is 78.2 Å². The van der Waals surface area contributed by atoms with Crippen molar-refractivity contribution < 1.29 is 4.79 Å². The molecule has 3 N–H and O–H groups in total. The molecule has 0 bridgehead atoms. The molecule has 4 aromatic rings. The number of hydrogen-bond donors (Lipinski definition) is 2. The average Bonchev–Trinajstić information content (AvgIpc) is 3.38. The van der Waals surface area contributed by atoms with Gasteiger partial charge in [-0.15, -0.1) is 12.4 Å². The fourth-order valence-electron chi connectivity index (χ4n) is 5.30. The van der Waals surface area contributed by atoms with E-state index in [1.807, 2.05) is 38.2 Å². The van der Waals surface area contributed by atoms with E-state index in [2.05, 4.69) is 63.4 Å². The highest BCUT2D eigenvalue weighted by Crippen LogP contribution is 2.25. The monoisotopic (exact) mass is 543 g/mol. The number of benzene rings is 2. The first-order chi connectivity index (χ1) is 18.5. The van der Waals surface area contributed by atoms with E-state index in [0.29, 0.717) is 5.82 Å². The number of hydrogen-bond acceptors (Lipinski definition) is 4. The standard InChI is InChI=1S/C32H37N5O.ClH/c1-23(30-20-27-10-6-7-11-29(27)35-30)36(2)31(38)13-12-26-19-28(32(33)34-21-26)22-37-16-14-25(15-17-37)18-24-8-4-3-5-9-24;/h3-13,19-21,23,25,35H,14-18,22H2,1-2H3,(H2,33,34);1H. The highest BCUT2D eigenvalue weighted by Gasteiger charge is 2.21. The van der Waals surface area contributed by atoms with E-state index in [-0.39, 0.29) is 24.4 Å². The summed E-state index contributed by atoms with van der Waals surface area (Å²) in [5.74, 6) is 1.23. The van der Waals surface area contributed by atoms with Crippen LogP contribution in [0.25, 0.3) is 17.0 Å². The minimum absolute atomic E-state index is 0. The first kappa shape index (κ1) is 28.4. The number of para-hydroxylation sites is 1. The maximum Gasteiger partial charge on any atom is 0.246 e. The van der Waals surface area contributed by atoms with E-state index in [1.165, 1.54) is 18.4 Å². The Labute approximate surface area is 237 Å². The van der Waals surface area contributed by atoms with Crippen LogP contribution in [0.3, 0.4) is 0 Å². The number of amides is 1. The number of aromatic nitrogens is 2. The van der Waals surface area contributed by atoms with Crippen LogP contribution in [0.1, 0.15) is 48.2 Å². The Hall–Kier alpha value is -3.61. The van der Waals surface area contributed by atoms with Gasteiger partial charge in [-0.05, 0) is 86.0 Å². The van der Waals surface area contributed by atoms with Crippen molar-refractivity contribution in [3.05, 3.63) is 101 Å². The van der Waals surface area contributed by atoms with Crippen LogP contribution in [0.15, 0.2) is 79.0 Å². The zero-order valence-corrected chi connectivity index (χ0v) is 23.5. The highest BCUT2D eigenvalue weighted by atomic mass is 35.5. The van der Waals surface area contributed by atoms with Crippen molar-refractivity contribution in [2.75, 3.05) is 25.9 Å². The smallest absolute Gasteiger partial charge is 0.246 e. The van der Waals surface area contributed by atoms with Crippen molar-refractivity contribution in [2.45, 2.75) is 38.8 Å². The van der Waals surface area contributed by atoms with Crippen molar-refractivity contribution in [1.29, 1.82) is 0 Å². The van der Waals surface area contributed by atoms with E-state index in [1.54, 1.807) is 17.2 Å². The van der Waals surface area contributed by atoms with Gasteiger partial charge in [0.2, 0.25) is 5.91 Å². The first-order valence-electron chi connectivity index (χ1n) is 13.5. The number of nitrogens with two attached hydrogens (primary N) is 1. The van der Waals surface area contributed by atoms with Gasteiger partial charge in [0.05, 0.1) is 6.04 Å². The third kappa shape index (κ3) is 7.08. The fraction of sp³-hybridized carbons (Fsp3) is 0.312. The molecule has 2 aromatic carbocycles. The number of rotatable bonds is 8. The second-order valence-corrected chi connectivity index (χ2v) is 10.5. The molecule has 1 aliphatic rings. The molecule has 1 aliphatic heterocycles. The van der Waals surface area contributed by atoms with Crippen molar-refractivity contribution in [3.63, 3.8) is 0 Å². The number of H-pyrrole nitrogens is 1. The number of piperidine rings is 1. The lowest BCUT2D eigenvalue weighted by Gasteiger charge is -2.32. The molecule has 0 saturated carbocycles. The van der Waals surface area contributed by atoms with Gasteiger partial charge < -0.3 is 15.6 Å². The first-order valence-corrected chi connectivity index (χ1v) is 13.5. The summed E-state index contributed by atoms with van der Waals surface area (Å²) in [5, 5.41) is 1.15. The van der Waals surface area contributed by atoms with Gasteiger partial charge in [-0.25, -0.2) is 4.98 Å². The van der Waals surface area contributed by atoms with Crippen LogP contribution >= 0.6 is 12.4 Å². The summed E-state index contributed by atoms with van der Waals surface area (Å²) in [6.45, 7) is 4.93. The number of anilines is 1. The third-order valence-corrected chi connectivity index (χ3v) is 7.84. The Balaban J connectivity index is 0.00000353. The zero-order valence-electron chi connectivity index (χ0n) is 22.7. The van der Waals surface area contributed by atoms with Gasteiger partial charge in [-0.1, -0.05) is 48.5 Å². The SMILES string of the molecule is CC(c1cc2ccccc2[nH]1)N(C)C(=O)C=Cc1cnc(N)c(CN2CCC(Cc3ccccc3)CC2)c1.Cl. The molecule has 204 valence electrons. The number of aromatic amines is 1. The fourth-order valence-corrected chi connectivity index (χ4v) is 5.30. The number of likely N-dealkylation sites (tertiary alicyclic amines) is 1. The number of carbonyl (C=O) groups is 1. The molecule has 1 amide bonds. The average molecular weight is 544 g/mol. The Morgan fingerprint density at radius 3 is 2.59 bits per heavy atom. The summed E-state index contributed by atoms with van der Waals surface area (Å²) in [4.78, 5) is 25.0. The van der Waals surface area contributed by atoms with Crippen molar-refractivity contribution >= 4 is 41.1 Å². The van der Waals surface area contributed by atoms with Crippen LogP contribution in [0.2, 0.25) is 0 Å². The molecule has 1 atom stereocenters. The van der Waals surface area contributed by atoms with Gasteiger partial charge in [0, 0.05) is 42.6 Å². The van der Waals surface area contributed by atoms with Crippen LogP contribution in [0.5, 0.6) is 0 Å². The predicted molar refractivity (Wildman–Crippen MR) is 163 cm³/mol. The van der Waals surface area contributed by atoms with Crippen LogP contribution in [0.4, 0.5) is 5.82 Å². The summed E-state index contributed by atoms with van der Waals surface area (Å²) in [6.07, 6.45) is 8.72. The van der Waals surface area contributed by atoms with Gasteiger partial charge in [0.15, 0.2) is 0 Å². The number of fused-ring (bicyclic) bond motifs is 1. The summed E-state index contributed by atoms with van der Waals surface area (Å²) in [5.41, 5.74) is 11.6. The van der Waals surface area contributed by atoms with Gasteiger partial charge in [0.1, 0.15) is 5.82 Å². The highest BCUT2D eigenvalue weighted by molar-refractivity contribution is 5.92. The Morgan fingerprint density at radius 1 is 1.13 bits per heavy atom. The molecule has 5 rings (SSSR count). The van der Waals surface area contributed by atoms with Crippen LogP contribution in [-0.4, -0.2) is 45.8 Å². The molecule has 3 heterocycles. The van der Waals surface area contributed by atoms with E-state index < -0.39 is 0 Å². The minimum Gasteiger partial charge on any atom is -0.383 e. The number of likely N-dealkylation sites (N-methyl/N-ethyl adjacent to an activating group) is 1. The molecular formula is C32H38ClN5O. The van der Waals surface area contributed by atoms with E-state index in [4.69, 9.17) is 5.73 Å². The normalized spacial score (nSPS) is 15.3. The number of nitrogen functional groups attached to an aromatic ring is 1. The van der Waals surface area contributed by atoms with Crippen molar-refractivity contribution in [1.82, 2.24) is 19.8 Å². The molecule has 2 aromatic heterocycles. The Morgan fingerprint density at radius 2 is 1.85 bits per heavy atom. The van der Waals surface area contributed by atoms with Gasteiger partial charge in [0.25, 0.3) is 0 Å². The second-order valence-electron chi connectivity index (χ2n) is 10.5. The van der Waals surface area contributed by atoms with Gasteiger partial charge >= 0.3 is 0 Å². The Kier molecular flexibility index (Phi) is 9.44. The number of nitrogens with one attached hydrogen (secondary N) is 1. The maximum absolute atomic E-state index is 12.9. The number of pyridine rings is 1. The quantitative estimate of drug-likeness (QED) is 0.257. The predicted octanol–water partition coefficient (Wildman–Crippen LogP) is 6.25. The van der Waals surface area contributed by atoms with E-state index in [0.717, 1.165) is 59.7 Å². The largest absolute Gasteiger partial charge is 0.383 e. The van der Waals surface area contributed by atoms with Crippen LogP contribution in [0, 0.1) is 5.92 Å². The molecule has 1 fully saturated rings. The lowest BCUT2D eigenvalue weighted by Crippen LogP contribution is -2.34. The number of nitrogens with zero attached hydrogens (tertiary/aromatic N) is 3. The summed E-state index contributed by atoms with van der Waals surface area (Å²) in [7, 11) is 1.83. The minimum atomic E-state index is -0.0792. The molecule has 0 aliphatic carbocycles. The van der Waals surface area contributed by atoms with E-state index >= 15 is 0 Å². The molecule has 1 unspecified atom stereocenters. The lowest BCUT2D eigenvalue weighted by molar-refractivity contribution is -0.126. The number of halogens is 1. The third-order valence-electron chi connectivity index (χ3n) is 7.84. The molecule has 39 heavy (non-hydrogen) atoms. The summed E-state index contributed by atoms with van der Waals surface area (Å²) < 4.78 is 0. The second kappa shape index (κ2) is 13.0. The van der Waals surface area contributed by atoms with E-state index in [9.17, 15) is 4.79 Å². The van der Waals surface area contributed by atoms with Gasteiger partial charge in [-0.3, -0.25) is 9.69 Å². The van der Waals surface area contributed by atoms with Crippen molar-refractivity contribution in [2.24, 2.45) is 5.92 Å².